The van der Waals surface area contributed by atoms with Gasteiger partial charge in [-0.3, -0.25) is 4.79 Å². The number of ether oxygens (including phenoxy) is 1. The van der Waals surface area contributed by atoms with Crippen LogP contribution < -0.4 is 10.1 Å². The molecule has 1 saturated carbocycles. The first kappa shape index (κ1) is 15.3. The molecule has 0 aromatic heterocycles. The van der Waals surface area contributed by atoms with Gasteiger partial charge in [-0.25, -0.2) is 0 Å². The third-order valence-corrected chi connectivity index (χ3v) is 3.79. The SMILES string of the molecule is CCOc1ccc(Br)cc1CN(C(=O)CNC)C1CC1. The summed E-state index contributed by atoms with van der Waals surface area (Å²) in [4.78, 5) is 14.2. The highest BCUT2D eigenvalue weighted by Gasteiger charge is 2.32. The Bertz CT molecular complexity index is 475. The number of carbonyl (C=O) groups is 1. The molecule has 0 aliphatic heterocycles. The molecule has 0 unspecified atom stereocenters. The van der Waals surface area contributed by atoms with E-state index in [4.69, 9.17) is 4.74 Å². The Morgan fingerprint density at radius 1 is 1.50 bits per heavy atom. The summed E-state index contributed by atoms with van der Waals surface area (Å²) in [5.41, 5.74) is 1.05. The standard InChI is InChI=1S/C15H21BrN2O2/c1-3-20-14-7-4-12(16)8-11(14)10-18(13-5-6-13)15(19)9-17-2/h4,7-8,13,17H,3,5-6,9-10H2,1-2H3. The number of benzene rings is 1. The minimum atomic E-state index is 0.150. The molecule has 1 N–H and O–H groups in total. The first-order chi connectivity index (χ1) is 9.65. The number of hydrogen-bond donors (Lipinski definition) is 1. The van der Waals surface area contributed by atoms with Gasteiger partial charge in [0.1, 0.15) is 5.75 Å². The van der Waals surface area contributed by atoms with Crippen molar-refractivity contribution in [1.82, 2.24) is 10.2 Å². The summed E-state index contributed by atoms with van der Waals surface area (Å²) in [7, 11) is 1.80. The largest absolute Gasteiger partial charge is 0.494 e. The van der Waals surface area contributed by atoms with Crippen molar-refractivity contribution in [2.45, 2.75) is 32.4 Å². The normalized spacial score (nSPS) is 14.2. The lowest BCUT2D eigenvalue weighted by molar-refractivity contribution is -0.131. The second-order valence-corrected chi connectivity index (χ2v) is 5.88. The van der Waals surface area contributed by atoms with E-state index in [1.165, 1.54) is 0 Å². The summed E-state index contributed by atoms with van der Waals surface area (Å²) in [6.45, 7) is 3.59. The average molecular weight is 341 g/mol. The van der Waals surface area contributed by atoms with E-state index in [2.05, 4.69) is 21.2 Å². The van der Waals surface area contributed by atoms with Gasteiger partial charge in [0, 0.05) is 22.6 Å². The molecular formula is C15H21BrN2O2. The van der Waals surface area contributed by atoms with Gasteiger partial charge in [0.2, 0.25) is 5.91 Å². The molecule has 1 aliphatic carbocycles. The molecule has 0 saturated heterocycles. The van der Waals surface area contributed by atoms with Crippen molar-refractivity contribution in [2.24, 2.45) is 0 Å². The fraction of sp³-hybridized carbons (Fsp3) is 0.533. The summed E-state index contributed by atoms with van der Waals surface area (Å²) in [6, 6.07) is 6.35. The quantitative estimate of drug-likeness (QED) is 0.829. The number of carbonyl (C=O) groups excluding carboxylic acids is 1. The predicted octanol–water partition coefficient (Wildman–Crippen LogP) is 2.56. The summed E-state index contributed by atoms with van der Waals surface area (Å²) in [6.07, 6.45) is 2.21. The monoisotopic (exact) mass is 340 g/mol. The van der Waals surface area contributed by atoms with Crippen LogP contribution in [0.5, 0.6) is 5.75 Å². The maximum atomic E-state index is 12.2. The lowest BCUT2D eigenvalue weighted by Crippen LogP contribution is -2.38. The van der Waals surface area contributed by atoms with Gasteiger partial charge >= 0.3 is 0 Å². The molecule has 2 rings (SSSR count). The number of halogens is 1. The molecule has 0 radical (unpaired) electrons. The fourth-order valence-corrected chi connectivity index (χ4v) is 2.62. The summed E-state index contributed by atoms with van der Waals surface area (Å²) >= 11 is 3.49. The van der Waals surface area contributed by atoms with Crippen LogP contribution in [-0.4, -0.2) is 37.0 Å². The van der Waals surface area contributed by atoms with Gasteiger partial charge in [0.15, 0.2) is 0 Å². The van der Waals surface area contributed by atoms with Crippen molar-refractivity contribution in [1.29, 1.82) is 0 Å². The lowest BCUT2D eigenvalue weighted by Gasteiger charge is -2.24. The molecule has 20 heavy (non-hydrogen) atoms. The molecule has 1 aliphatic rings. The highest BCUT2D eigenvalue weighted by Crippen LogP contribution is 2.31. The number of amides is 1. The van der Waals surface area contributed by atoms with Gasteiger partial charge in [-0.15, -0.1) is 0 Å². The van der Waals surface area contributed by atoms with E-state index < -0.39 is 0 Å². The Morgan fingerprint density at radius 3 is 2.85 bits per heavy atom. The van der Waals surface area contributed by atoms with Crippen molar-refractivity contribution in [3.05, 3.63) is 28.2 Å². The molecule has 4 nitrogen and oxygen atoms in total. The van der Waals surface area contributed by atoms with Crippen LogP contribution in [-0.2, 0) is 11.3 Å². The first-order valence-corrected chi connectivity index (χ1v) is 7.80. The zero-order valence-corrected chi connectivity index (χ0v) is 13.6. The predicted molar refractivity (Wildman–Crippen MR) is 82.8 cm³/mol. The van der Waals surface area contributed by atoms with E-state index in [-0.39, 0.29) is 5.91 Å². The van der Waals surface area contributed by atoms with Crippen LogP contribution in [0.1, 0.15) is 25.3 Å². The third-order valence-electron chi connectivity index (χ3n) is 3.30. The molecule has 0 spiro atoms. The van der Waals surface area contributed by atoms with Crippen LogP contribution in [0, 0.1) is 0 Å². The van der Waals surface area contributed by atoms with Crippen molar-refractivity contribution in [2.75, 3.05) is 20.2 Å². The minimum Gasteiger partial charge on any atom is -0.494 e. The molecule has 0 bridgehead atoms. The maximum absolute atomic E-state index is 12.2. The second-order valence-electron chi connectivity index (χ2n) is 4.97. The van der Waals surface area contributed by atoms with Crippen molar-refractivity contribution < 1.29 is 9.53 Å². The van der Waals surface area contributed by atoms with Crippen LogP contribution in [0.2, 0.25) is 0 Å². The van der Waals surface area contributed by atoms with Gasteiger partial charge in [0.05, 0.1) is 13.2 Å². The fourth-order valence-electron chi connectivity index (χ4n) is 2.21. The molecule has 1 amide bonds. The first-order valence-electron chi connectivity index (χ1n) is 7.01. The maximum Gasteiger partial charge on any atom is 0.237 e. The topological polar surface area (TPSA) is 41.6 Å². The van der Waals surface area contributed by atoms with Crippen LogP contribution in [0.25, 0.3) is 0 Å². The molecule has 5 heteroatoms. The number of nitrogens with one attached hydrogen (secondary N) is 1. The average Bonchev–Trinajstić information content (AvgIpc) is 3.23. The van der Waals surface area contributed by atoms with Crippen LogP contribution >= 0.6 is 15.9 Å². The van der Waals surface area contributed by atoms with Crippen molar-refractivity contribution in [3.63, 3.8) is 0 Å². The van der Waals surface area contributed by atoms with E-state index in [9.17, 15) is 4.79 Å². The third kappa shape index (κ3) is 3.96. The zero-order valence-electron chi connectivity index (χ0n) is 12.0. The molecule has 0 atom stereocenters. The van der Waals surface area contributed by atoms with Gasteiger partial charge in [-0.2, -0.15) is 0 Å². The molecule has 1 fully saturated rings. The summed E-state index contributed by atoms with van der Waals surface area (Å²) in [5, 5.41) is 2.94. The molecular weight excluding hydrogens is 320 g/mol. The Kier molecular flexibility index (Phi) is 5.43. The lowest BCUT2D eigenvalue weighted by atomic mass is 10.2. The van der Waals surface area contributed by atoms with Gasteiger partial charge in [0.25, 0.3) is 0 Å². The number of rotatable bonds is 7. The number of nitrogens with zero attached hydrogens (tertiary/aromatic N) is 1. The van der Waals surface area contributed by atoms with E-state index in [1.54, 1.807) is 7.05 Å². The Balaban J connectivity index is 2.17. The second kappa shape index (κ2) is 7.09. The van der Waals surface area contributed by atoms with Crippen LogP contribution in [0.4, 0.5) is 0 Å². The van der Waals surface area contributed by atoms with E-state index in [0.29, 0.717) is 25.7 Å². The number of likely N-dealkylation sites (N-methyl/N-ethyl adjacent to an activating group) is 1. The number of hydrogen-bond acceptors (Lipinski definition) is 3. The zero-order chi connectivity index (χ0) is 14.5. The molecule has 0 heterocycles. The van der Waals surface area contributed by atoms with E-state index >= 15 is 0 Å². The minimum absolute atomic E-state index is 0.150. The Hall–Kier alpha value is -1.07. The van der Waals surface area contributed by atoms with Crippen LogP contribution in [0.3, 0.4) is 0 Å². The summed E-state index contributed by atoms with van der Waals surface area (Å²) in [5.74, 6) is 1.01. The van der Waals surface area contributed by atoms with Crippen molar-refractivity contribution >= 4 is 21.8 Å². The van der Waals surface area contributed by atoms with Crippen LogP contribution in [0.15, 0.2) is 22.7 Å². The van der Waals surface area contributed by atoms with E-state index in [1.807, 2.05) is 30.0 Å². The van der Waals surface area contributed by atoms with Gasteiger partial charge in [-0.1, -0.05) is 15.9 Å². The highest BCUT2D eigenvalue weighted by molar-refractivity contribution is 9.10. The van der Waals surface area contributed by atoms with E-state index in [0.717, 1.165) is 28.6 Å². The van der Waals surface area contributed by atoms with Crippen molar-refractivity contribution in [3.8, 4) is 5.75 Å². The Morgan fingerprint density at radius 2 is 2.25 bits per heavy atom. The van der Waals surface area contributed by atoms with Gasteiger partial charge < -0.3 is 15.0 Å². The molecule has 1 aromatic carbocycles. The van der Waals surface area contributed by atoms with Gasteiger partial charge in [-0.05, 0) is 45.0 Å². The smallest absolute Gasteiger partial charge is 0.237 e. The molecule has 110 valence electrons. The summed E-state index contributed by atoms with van der Waals surface area (Å²) < 4.78 is 6.67. The highest BCUT2D eigenvalue weighted by atomic mass is 79.9. The molecule has 1 aromatic rings. The Labute approximate surface area is 128 Å².